The second kappa shape index (κ2) is 6.27. The first-order valence-electron chi connectivity index (χ1n) is 9.34. The molecule has 1 aromatic rings. The van der Waals surface area contributed by atoms with E-state index in [0.717, 1.165) is 45.4 Å². The SMILES string of the molecule is O=C(CC1CCCC1)N1CCC2(CC1)CNCc1ccccc12. The first kappa shape index (κ1) is 15.2. The molecule has 3 aliphatic rings. The standard InChI is InChI=1S/C20H28N2O/c23-19(13-16-5-1-2-6-16)22-11-9-20(10-12-22)15-21-14-17-7-3-4-8-18(17)20/h3-4,7-8,16,21H,1-2,5-6,9-15H2. The molecule has 1 saturated heterocycles. The van der Waals surface area contributed by atoms with Gasteiger partial charge in [0.2, 0.25) is 5.91 Å². The van der Waals surface area contributed by atoms with Crippen molar-refractivity contribution in [1.29, 1.82) is 0 Å². The van der Waals surface area contributed by atoms with E-state index in [1.54, 1.807) is 0 Å². The van der Waals surface area contributed by atoms with E-state index in [2.05, 4.69) is 34.5 Å². The molecule has 0 aromatic heterocycles. The summed E-state index contributed by atoms with van der Waals surface area (Å²) in [5.41, 5.74) is 3.23. The van der Waals surface area contributed by atoms with Crippen molar-refractivity contribution in [2.75, 3.05) is 19.6 Å². The van der Waals surface area contributed by atoms with E-state index in [4.69, 9.17) is 0 Å². The third kappa shape index (κ3) is 2.91. The summed E-state index contributed by atoms with van der Waals surface area (Å²) in [6.45, 7) is 3.92. The number of carbonyl (C=O) groups is 1. The number of hydrogen-bond acceptors (Lipinski definition) is 2. The Kier molecular flexibility index (Phi) is 4.14. The summed E-state index contributed by atoms with van der Waals surface area (Å²) in [6.07, 6.45) is 8.18. The molecule has 0 bridgehead atoms. The second-order valence-corrected chi connectivity index (χ2v) is 7.78. The van der Waals surface area contributed by atoms with Gasteiger partial charge in [0, 0.05) is 38.0 Å². The van der Waals surface area contributed by atoms with Crippen LogP contribution >= 0.6 is 0 Å². The fourth-order valence-corrected chi connectivity index (χ4v) is 4.94. The fourth-order valence-electron chi connectivity index (χ4n) is 4.94. The summed E-state index contributed by atoms with van der Waals surface area (Å²) >= 11 is 0. The van der Waals surface area contributed by atoms with Gasteiger partial charge < -0.3 is 10.2 Å². The van der Waals surface area contributed by atoms with Crippen molar-refractivity contribution in [3.63, 3.8) is 0 Å². The van der Waals surface area contributed by atoms with E-state index in [-0.39, 0.29) is 5.41 Å². The summed E-state index contributed by atoms with van der Waals surface area (Å²) in [6, 6.07) is 8.87. The zero-order valence-electron chi connectivity index (χ0n) is 14.0. The predicted molar refractivity (Wildman–Crippen MR) is 92.2 cm³/mol. The van der Waals surface area contributed by atoms with Crippen LogP contribution in [0.1, 0.15) is 56.1 Å². The van der Waals surface area contributed by atoms with Crippen LogP contribution in [0.3, 0.4) is 0 Å². The number of carbonyl (C=O) groups excluding carboxylic acids is 1. The van der Waals surface area contributed by atoms with E-state index in [1.807, 2.05) is 0 Å². The first-order valence-corrected chi connectivity index (χ1v) is 9.34. The number of amides is 1. The molecule has 0 unspecified atom stereocenters. The molecule has 2 fully saturated rings. The molecule has 1 N–H and O–H groups in total. The molecule has 1 amide bonds. The van der Waals surface area contributed by atoms with E-state index in [9.17, 15) is 4.79 Å². The Bertz CT molecular complexity index is 569. The lowest BCUT2D eigenvalue weighted by atomic mass is 9.69. The van der Waals surface area contributed by atoms with Crippen LogP contribution in [-0.4, -0.2) is 30.4 Å². The molecule has 3 heteroatoms. The number of piperidine rings is 1. The van der Waals surface area contributed by atoms with Crippen molar-refractivity contribution in [3.8, 4) is 0 Å². The molecule has 4 rings (SSSR count). The quantitative estimate of drug-likeness (QED) is 0.909. The van der Waals surface area contributed by atoms with Gasteiger partial charge in [0.1, 0.15) is 0 Å². The molecule has 1 aliphatic carbocycles. The van der Waals surface area contributed by atoms with E-state index < -0.39 is 0 Å². The van der Waals surface area contributed by atoms with Crippen molar-refractivity contribution < 1.29 is 4.79 Å². The van der Waals surface area contributed by atoms with Gasteiger partial charge in [-0.05, 0) is 42.7 Å². The third-order valence-electron chi connectivity index (χ3n) is 6.38. The number of rotatable bonds is 2. The minimum atomic E-state index is 0.249. The molecular weight excluding hydrogens is 284 g/mol. The van der Waals surface area contributed by atoms with E-state index >= 15 is 0 Å². The lowest BCUT2D eigenvalue weighted by Gasteiger charge is -2.45. The zero-order chi connectivity index (χ0) is 15.7. The van der Waals surface area contributed by atoms with Crippen molar-refractivity contribution in [2.24, 2.45) is 5.92 Å². The molecule has 0 atom stereocenters. The number of benzene rings is 1. The second-order valence-electron chi connectivity index (χ2n) is 7.78. The highest BCUT2D eigenvalue weighted by Crippen LogP contribution is 2.39. The summed E-state index contributed by atoms with van der Waals surface area (Å²) in [5.74, 6) is 1.07. The molecule has 2 heterocycles. The maximum Gasteiger partial charge on any atom is 0.222 e. The van der Waals surface area contributed by atoms with Crippen LogP contribution in [0, 0.1) is 5.92 Å². The molecule has 1 aromatic carbocycles. The van der Waals surface area contributed by atoms with Gasteiger partial charge in [-0.1, -0.05) is 37.1 Å². The van der Waals surface area contributed by atoms with Crippen LogP contribution in [-0.2, 0) is 16.8 Å². The molecule has 0 radical (unpaired) electrons. The number of nitrogens with one attached hydrogen (secondary N) is 1. The minimum Gasteiger partial charge on any atom is -0.343 e. The Morgan fingerprint density at radius 3 is 2.70 bits per heavy atom. The lowest BCUT2D eigenvalue weighted by Crippen LogP contribution is -2.52. The lowest BCUT2D eigenvalue weighted by molar-refractivity contribution is -0.133. The minimum absolute atomic E-state index is 0.249. The maximum atomic E-state index is 12.6. The topological polar surface area (TPSA) is 32.3 Å². The van der Waals surface area contributed by atoms with Crippen LogP contribution in [0.25, 0.3) is 0 Å². The third-order valence-corrected chi connectivity index (χ3v) is 6.38. The van der Waals surface area contributed by atoms with Crippen LogP contribution < -0.4 is 5.32 Å². The smallest absolute Gasteiger partial charge is 0.222 e. The number of likely N-dealkylation sites (tertiary alicyclic amines) is 1. The van der Waals surface area contributed by atoms with Crippen molar-refractivity contribution >= 4 is 5.91 Å². The Morgan fingerprint density at radius 1 is 1.17 bits per heavy atom. The zero-order valence-corrected chi connectivity index (χ0v) is 14.0. The largest absolute Gasteiger partial charge is 0.343 e. The molecule has 1 saturated carbocycles. The van der Waals surface area contributed by atoms with Gasteiger partial charge in [0.15, 0.2) is 0 Å². The summed E-state index contributed by atoms with van der Waals surface area (Å²) in [4.78, 5) is 14.7. The van der Waals surface area contributed by atoms with Gasteiger partial charge in [-0.25, -0.2) is 0 Å². The Balaban J connectivity index is 1.42. The van der Waals surface area contributed by atoms with E-state index in [0.29, 0.717) is 11.8 Å². The predicted octanol–water partition coefficient (Wildman–Crippen LogP) is 3.23. The van der Waals surface area contributed by atoms with Crippen LogP contribution in [0.2, 0.25) is 0 Å². The van der Waals surface area contributed by atoms with Gasteiger partial charge in [-0.15, -0.1) is 0 Å². The summed E-state index contributed by atoms with van der Waals surface area (Å²) in [5, 5.41) is 3.60. The van der Waals surface area contributed by atoms with Gasteiger partial charge >= 0.3 is 0 Å². The van der Waals surface area contributed by atoms with Crippen LogP contribution in [0.4, 0.5) is 0 Å². The molecule has 2 aliphatic heterocycles. The Labute approximate surface area is 139 Å². The van der Waals surface area contributed by atoms with Crippen molar-refractivity contribution in [1.82, 2.24) is 10.2 Å². The normalized spacial score (nSPS) is 23.9. The average molecular weight is 312 g/mol. The van der Waals surface area contributed by atoms with Gasteiger partial charge in [0.05, 0.1) is 0 Å². The molecule has 1 spiro atoms. The highest BCUT2D eigenvalue weighted by Gasteiger charge is 2.40. The Morgan fingerprint density at radius 2 is 1.91 bits per heavy atom. The molecule has 124 valence electrons. The first-order chi connectivity index (χ1) is 11.3. The van der Waals surface area contributed by atoms with Gasteiger partial charge in [-0.2, -0.15) is 0 Å². The fraction of sp³-hybridized carbons (Fsp3) is 0.650. The van der Waals surface area contributed by atoms with Crippen molar-refractivity contribution in [3.05, 3.63) is 35.4 Å². The highest BCUT2D eigenvalue weighted by atomic mass is 16.2. The maximum absolute atomic E-state index is 12.6. The Hall–Kier alpha value is -1.35. The number of nitrogens with zero attached hydrogens (tertiary/aromatic N) is 1. The summed E-state index contributed by atoms with van der Waals surface area (Å²) in [7, 11) is 0. The van der Waals surface area contributed by atoms with Gasteiger partial charge in [-0.3, -0.25) is 4.79 Å². The van der Waals surface area contributed by atoms with Crippen molar-refractivity contribution in [2.45, 2.75) is 56.9 Å². The van der Waals surface area contributed by atoms with Gasteiger partial charge in [0.25, 0.3) is 0 Å². The monoisotopic (exact) mass is 312 g/mol. The highest BCUT2D eigenvalue weighted by molar-refractivity contribution is 5.76. The van der Waals surface area contributed by atoms with Crippen LogP contribution in [0.5, 0.6) is 0 Å². The summed E-state index contributed by atoms with van der Waals surface area (Å²) < 4.78 is 0. The molecule has 23 heavy (non-hydrogen) atoms. The van der Waals surface area contributed by atoms with E-state index in [1.165, 1.54) is 36.8 Å². The van der Waals surface area contributed by atoms with Crippen LogP contribution in [0.15, 0.2) is 24.3 Å². The molecular formula is C20H28N2O. The average Bonchev–Trinajstić information content (AvgIpc) is 3.09. The number of fused-ring (bicyclic) bond motifs is 2. The number of hydrogen-bond donors (Lipinski definition) is 1. The molecule has 3 nitrogen and oxygen atoms in total.